The maximum absolute atomic E-state index is 12.1. The number of halogens is 1. The minimum atomic E-state index is -0.462. The monoisotopic (exact) mass is 423 g/mol. The lowest BCUT2D eigenvalue weighted by Gasteiger charge is -2.06. The summed E-state index contributed by atoms with van der Waals surface area (Å²) >= 11 is 2.12. The molecule has 5 nitrogen and oxygen atoms in total. The van der Waals surface area contributed by atoms with E-state index in [1.54, 1.807) is 18.2 Å². The van der Waals surface area contributed by atoms with Gasteiger partial charge in [-0.05, 0) is 52.9 Å². The minimum absolute atomic E-state index is 0.109. The number of hydrogen-bond acceptors (Lipinski definition) is 4. The van der Waals surface area contributed by atoms with Crippen LogP contribution in [0.2, 0.25) is 0 Å². The zero-order valence-electron chi connectivity index (χ0n) is 12.3. The highest BCUT2D eigenvalue weighted by atomic mass is 127. The lowest BCUT2D eigenvalue weighted by atomic mass is 10.1. The van der Waals surface area contributed by atoms with Crippen molar-refractivity contribution >= 4 is 40.3 Å². The van der Waals surface area contributed by atoms with Crippen molar-refractivity contribution in [3.63, 3.8) is 0 Å². The summed E-state index contributed by atoms with van der Waals surface area (Å²) in [5, 5.41) is 2.59. The van der Waals surface area contributed by atoms with E-state index in [9.17, 15) is 14.4 Å². The second kappa shape index (κ2) is 7.87. The van der Waals surface area contributed by atoms with Crippen LogP contribution in [-0.4, -0.2) is 31.3 Å². The van der Waals surface area contributed by atoms with Crippen molar-refractivity contribution in [1.29, 1.82) is 0 Å². The lowest BCUT2D eigenvalue weighted by Crippen LogP contribution is -2.29. The van der Waals surface area contributed by atoms with E-state index in [1.165, 1.54) is 31.4 Å². The van der Waals surface area contributed by atoms with Gasteiger partial charge in [0, 0.05) is 14.7 Å². The Morgan fingerprint density at radius 3 is 2.26 bits per heavy atom. The van der Waals surface area contributed by atoms with Gasteiger partial charge >= 0.3 is 5.97 Å². The number of ketones is 1. The average molecular weight is 423 g/mol. The van der Waals surface area contributed by atoms with Gasteiger partial charge in [-0.1, -0.05) is 18.2 Å². The molecule has 0 heterocycles. The van der Waals surface area contributed by atoms with Gasteiger partial charge in [-0.2, -0.15) is 0 Å². The van der Waals surface area contributed by atoms with Gasteiger partial charge in [0.05, 0.1) is 19.2 Å². The quantitative estimate of drug-likeness (QED) is 0.456. The van der Waals surface area contributed by atoms with E-state index in [2.05, 4.69) is 32.6 Å². The van der Waals surface area contributed by atoms with E-state index in [0.29, 0.717) is 16.7 Å². The fourth-order valence-corrected chi connectivity index (χ4v) is 2.45. The zero-order chi connectivity index (χ0) is 16.8. The van der Waals surface area contributed by atoms with Crippen LogP contribution in [0.15, 0.2) is 48.5 Å². The summed E-state index contributed by atoms with van der Waals surface area (Å²) in [6.45, 7) is -0.109. The third kappa shape index (κ3) is 4.62. The SMILES string of the molecule is COC(=O)c1ccc(C(=O)CNC(=O)c2cccc(I)c2)cc1. The van der Waals surface area contributed by atoms with Crippen LogP contribution in [0.3, 0.4) is 0 Å². The van der Waals surface area contributed by atoms with Gasteiger partial charge in [0.2, 0.25) is 0 Å². The molecule has 0 saturated heterocycles. The second-order valence-corrected chi connectivity index (χ2v) is 5.93. The van der Waals surface area contributed by atoms with Crippen molar-refractivity contribution in [2.75, 3.05) is 13.7 Å². The van der Waals surface area contributed by atoms with E-state index < -0.39 is 5.97 Å². The Labute approximate surface area is 147 Å². The predicted octanol–water partition coefficient (Wildman–Crippen LogP) is 2.69. The molecule has 0 saturated carbocycles. The Morgan fingerprint density at radius 2 is 1.65 bits per heavy atom. The summed E-state index contributed by atoms with van der Waals surface area (Å²) in [6.07, 6.45) is 0. The first-order valence-corrected chi connectivity index (χ1v) is 7.84. The molecule has 118 valence electrons. The largest absolute Gasteiger partial charge is 0.465 e. The topological polar surface area (TPSA) is 72.5 Å². The Kier molecular flexibility index (Phi) is 5.86. The molecule has 1 amide bonds. The van der Waals surface area contributed by atoms with Gasteiger partial charge in [0.25, 0.3) is 5.91 Å². The van der Waals surface area contributed by atoms with Crippen LogP contribution in [0.4, 0.5) is 0 Å². The van der Waals surface area contributed by atoms with Crippen LogP contribution in [-0.2, 0) is 4.74 Å². The number of nitrogens with one attached hydrogen (secondary N) is 1. The van der Waals surface area contributed by atoms with E-state index in [4.69, 9.17) is 0 Å². The molecule has 2 aromatic carbocycles. The van der Waals surface area contributed by atoms with Crippen molar-refractivity contribution in [2.24, 2.45) is 0 Å². The van der Waals surface area contributed by atoms with E-state index in [-0.39, 0.29) is 18.2 Å². The molecule has 1 N–H and O–H groups in total. The van der Waals surface area contributed by atoms with Crippen LogP contribution in [0.1, 0.15) is 31.1 Å². The summed E-state index contributed by atoms with van der Waals surface area (Å²) < 4.78 is 5.54. The van der Waals surface area contributed by atoms with Crippen LogP contribution >= 0.6 is 22.6 Å². The predicted molar refractivity (Wildman–Crippen MR) is 93.6 cm³/mol. The maximum Gasteiger partial charge on any atom is 0.337 e. The number of hydrogen-bond donors (Lipinski definition) is 1. The van der Waals surface area contributed by atoms with Crippen molar-refractivity contribution in [3.05, 3.63) is 68.8 Å². The molecule has 2 rings (SSSR count). The molecule has 0 spiro atoms. The van der Waals surface area contributed by atoms with Gasteiger partial charge in [0.15, 0.2) is 5.78 Å². The third-order valence-electron chi connectivity index (χ3n) is 3.12. The highest BCUT2D eigenvalue weighted by Gasteiger charge is 2.11. The van der Waals surface area contributed by atoms with Crippen molar-refractivity contribution < 1.29 is 19.1 Å². The van der Waals surface area contributed by atoms with Crippen molar-refractivity contribution in [1.82, 2.24) is 5.32 Å². The summed E-state index contributed by atoms with van der Waals surface area (Å²) in [4.78, 5) is 35.4. The Bertz CT molecular complexity index is 741. The summed E-state index contributed by atoms with van der Waals surface area (Å²) in [7, 11) is 1.29. The highest BCUT2D eigenvalue weighted by Crippen LogP contribution is 2.08. The molecule has 0 aliphatic heterocycles. The number of carbonyl (C=O) groups is 3. The van der Waals surface area contributed by atoms with Gasteiger partial charge < -0.3 is 10.1 Å². The fraction of sp³-hybridized carbons (Fsp3) is 0.118. The van der Waals surface area contributed by atoms with Crippen LogP contribution in [0.5, 0.6) is 0 Å². The maximum atomic E-state index is 12.1. The van der Waals surface area contributed by atoms with Crippen LogP contribution in [0, 0.1) is 3.57 Å². The smallest absolute Gasteiger partial charge is 0.337 e. The van der Waals surface area contributed by atoms with Gasteiger partial charge in [-0.3, -0.25) is 9.59 Å². The molecule has 0 atom stereocenters. The molecule has 0 radical (unpaired) electrons. The normalized spacial score (nSPS) is 10.0. The van der Waals surface area contributed by atoms with E-state index >= 15 is 0 Å². The second-order valence-electron chi connectivity index (χ2n) is 4.69. The number of carbonyl (C=O) groups excluding carboxylic acids is 3. The minimum Gasteiger partial charge on any atom is -0.465 e. The Morgan fingerprint density at radius 1 is 1.00 bits per heavy atom. The molecule has 0 aromatic heterocycles. The molecular formula is C17H14INO4. The summed E-state index contributed by atoms with van der Waals surface area (Å²) in [5.41, 5.74) is 1.29. The summed E-state index contributed by atoms with van der Waals surface area (Å²) in [5.74, 6) is -1.00. The van der Waals surface area contributed by atoms with Gasteiger partial charge in [-0.25, -0.2) is 4.79 Å². The molecule has 6 heteroatoms. The first kappa shape index (κ1) is 17.1. The molecule has 2 aromatic rings. The average Bonchev–Trinajstić information content (AvgIpc) is 2.58. The van der Waals surface area contributed by atoms with Crippen LogP contribution < -0.4 is 5.32 Å². The third-order valence-corrected chi connectivity index (χ3v) is 3.80. The Hall–Kier alpha value is -2.22. The number of rotatable bonds is 5. The fourth-order valence-electron chi connectivity index (χ4n) is 1.90. The molecule has 0 bridgehead atoms. The molecule has 0 aliphatic rings. The molecule has 0 fully saturated rings. The van der Waals surface area contributed by atoms with Gasteiger partial charge in [-0.15, -0.1) is 0 Å². The lowest BCUT2D eigenvalue weighted by molar-refractivity contribution is 0.0600. The number of methoxy groups -OCH3 is 1. The number of esters is 1. The number of amides is 1. The number of benzene rings is 2. The van der Waals surface area contributed by atoms with Crippen molar-refractivity contribution in [3.8, 4) is 0 Å². The summed E-state index contributed by atoms with van der Waals surface area (Å²) in [6, 6.07) is 13.2. The van der Waals surface area contributed by atoms with Crippen molar-refractivity contribution in [2.45, 2.75) is 0 Å². The standard InChI is InChI=1S/C17H14INO4/c1-23-17(22)12-7-5-11(6-8-12)15(20)10-19-16(21)13-3-2-4-14(18)9-13/h2-9H,10H2,1H3,(H,19,21). The number of ether oxygens (including phenoxy) is 1. The molecule has 0 unspecified atom stereocenters. The first-order valence-electron chi connectivity index (χ1n) is 6.76. The molecular weight excluding hydrogens is 409 g/mol. The van der Waals surface area contributed by atoms with Crippen LogP contribution in [0.25, 0.3) is 0 Å². The zero-order valence-corrected chi connectivity index (χ0v) is 14.5. The Balaban J connectivity index is 1.97. The first-order chi connectivity index (χ1) is 11.0. The number of Topliss-reactive ketones (excluding diaryl/α,β-unsaturated/α-hetero) is 1. The van der Waals surface area contributed by atoms with Gasteiger partial charge in [0.1, 0.15) is 0 Å². The van der Waals surface area contributed by atoms with E-state index in [0.717, 1.165) is 3.57 Å². The molecule has 0 aliphatic carbocycles. The highest BCUT2D eigenvalue weighted by molar-refractivity contribution is 14.1. The molecule has 23 heavy (non-hydrogen) atoms. The van der Waals surface area contributed by atoms with E-state index in [1.807, 2.05) is 6.07 Å².